The lowest BCUT2D eigenvalue weighted by Gasteiger charge is -2.23. The molecule has 7 heteroatoms. The standard InChI is InChI=1S/C30H27FN2O3S/c1-19-7-4-11-24(31)23(19)18-27(35)28-17-20-14-15-33(26-13-3-2-10-22(26)29(20)37-28)30(36)25-12-5-8-21(32-25)9-6-16-34/h2-5,7-8,10-13,17,34H,6,9,14-16,18H2,1H3. The van der Waals surface area contributed by atoms with Crippen LogP contribution in [0.25, 0.3) is 10.4 Å². The van der Waals surface area contributed by atoms with Gasteiger partial charge in [0.25, 0.3) is 5.91 Å². The van der Waals surface area contributed by atoms with E-state index in [4.69, 9.17) is 5.11 Å². The Hall–Kier alpha value is -3.68. The highest BCUT2D eigenvalue weighted by atomic mass is 32.1. The molecule has 1 amide bonds. The zero-order valence-corrected chi connectivity index (χ0v) is 21.4. The lowest BCUT2D eigenvalue weighted by Crippen LogP contribution is -2.33. The second-order valence-electron chi connectivity index (χ2n) is 9.17. The third kappa shape index (κ3) is 5.10. The third-order valence-corrected chi connectivity index (χ3v) is 7.93. The highest BCUT2D eigenvalue weighted by Gasteiger charge is 2.28. The molecule has 188 valence electrons. The summed E-state index contributed by atoms with van der Waals surface area (Å²) in [6, 6.07) is 19.9. The number of amides is 1. The number of Topliss-reactive ketones (excluding diaryl/α,β-unsaturated/α-hetero) is 1. The molecule has 2 aromatic carbocycles. The minimum absolute atomic E-state index is 0.0163. The molecule has 0 aliphatic carbocycles. The number of ketones is 1. The average molecular weight is 515 g/mol. The zero-order chi connectivity index (χ0) is 25.9. The molecule has 5 rings (SSSR count). The number of aromatic nitrogens is 1. The van der Waals surface area contributed by atoms with Gasteiger partial charge in [-0.3, -0.25) is 9.59 Å². The van der Waals surface area contributed by atoms with Crippen molar-refractivity contribution in [3.63, 3.8) is 0 Å². The van der Waals surface area contributed by atoms with Crippen LogP contribution in [0.3, 0.4) is 0 Å². The number of aliphatic hydroxyl groups is 1. The van der Waals surface area contributed by atoms with Crippen molar-refractivity contribution in [2.24, 2.45) is 0 Å². The van der Waals surface area contributed by atoms with Crippen molar-refractivity contribution in [3.8, 4) is 10.4 Å². The molecule has 0 saturated heterocycles. The fourth-order valence-electron chi connectivity index (χ4n) is 4.72. The van der Waals surface area contributed by atoms with Crippen LogP contribution in [0, 0.1) is 12.7 Å². The third-order valence-electron chi connectivity index (χ3n) is 6.68. The van der Waals surface area contributed by atoms with E-state index in [-0.39, 0.29) is 30.5 Å². The van der Waals surface area contributed by atoms with E-state index in [0.29, 0.717) is 41.9 Å². The molecule has 4 aromatic rings. The summed E-state index contributed by atoms with van der Waals surface area (Å²) in [5.41, 5.74) is 5.01. The molecular formula is C30H27FN2O3S. The number of halogens is 1. The first kappa shape index (κ1) is 25.0. The number of aryl methyl sites for hydroxylation is 2. The fourth-order valence-corrected chi connectivity index (χ4v) is 5.90. The Morgan fingerprint density at radius 1 is 1.08 bits per heavy atom. The zero-order valence-electron chi connectivity index (χ0n) is 20.5. The number of benzene rings is 2. The van der Waals surface area contributed by atoms with Gasteiger partial charge in [0.15, 0.2) is 5.78 Å². The van der Waals surface area contributed by atoms with Crippen molar-refractivity contribution >= 4 is 28.7 Å². The number of aliphatic hydroxyl groups excluding tert-OH is 1. The Balaban J connectivity index is 1.45. The summed E-state index contributed by atoms with van der Waals surface area (Å²) in [6.07, 6.45) is 1.80. The van der Waals surface area contributed by atoms with E-state index in [0.717, 1.165) is 32.9 Å². The van der Waals surface area contributed by atoms with Gasteiger partial charge in [0.2, 0.25) is 0 Å². The number of fused-ring (bicyclic) bond motifs is 3. The Kier molecular flexibility index (Phi) is 7.26. The van der Waals surface area contributed by atoms with E-state index in [2.05, 4.69) is 4.98 Å². The number of anilines is 1. The summed E-state index contributed by atoms with van der Waals surface area (Å²) in [5, 5.41) is 9.13. The monoisotopic (exact) mass is 514 g/mol. The fraction of sp³-hybridized carbons (Fsp3) is 0.233. The number of nitrogens with zero attached hydrogens (tertiary/aromatic N) is 2. The molecule has 5 nitrogen and oxygen atoms in total. The van der Waals surface area contributed by atoms with Crippen LogP contribution in [-0.2, 0) is 19.3 Å². The van der Waals surface area contributed by atoms with Gasteiger partial charge >= 0.3 is 0 Å². The number of para-hydroxylation sites is 1. The van der Waals surface area contributed by atoms with E-state index in [1.807, 2.05) is 55.5 Å². The number of carbonyl (C=O) groups is 2. The molecule has 0 unspecified atom stereocenters. The van der Waals surface area contributed by atoms with Gasteiger partial charge in [0, 0.05) is 35.7 Å². The maximum Gasteiger partial charge on any atom is 0.276 e. The number of hydrogen-bond donors (Lipinski definition) is 1. The van der Waals surface area contributed by atoms with Gasteiger partial charge < -0.3 is 10.0 Å². The summed E-state index contributed by atoms with van der Waals surface area (Å²) in [6.45, 7) is 2.34. The molecule has 0 radical (unpaired) electrons. The normalized spacial score (nSPS) is 12.6. The first-order valence-corrected chi connectivity index (χ1v) is 13.2. The van der Waals surface area contributed by atoms with Gasteiger partial charge in [0.1, 0.15) is 11.5 Å². The second-order valence-corrected chi connectivity index (χ2v) is 10.2. The van der Waals surface area contributed by atoms with Crippen molar-refractivity contribution < 1.29 is 19.1 Å². The summed E-state index contributed by atoms with van der Waals surface area (Å²) in [4.78, 5) is 34.6. The van der Waals surface area contributed by atoms with Crippen LogP contribution >= 0.6 is 11.3 Å². The van der Waals surface area contributed by atoms with Gasteiger partial charge in [-0.1, -0.05) is 36.4 Å². The Bertz CT molecular complexity index is 1460. The molecule has 0 saturated carbocycles. The first-order valence-electron chi connectivity index (χ1n) is 12.3. The molecule has 0 fully saturated rings. The smallest absolute Gasteiger partial charge is 0.276 e. The lowest BCUT2D eigenvalue weighted by molar-refractivity contribution is 0.0978. The molecule has 2 aromatic heterocycles. The molecule has 0 bridgehead atoms. The van der Waals surface area contributed by atoms with Crippen molar-refractivity contribution in [3.05, 3.63) is 106 Å². The number of thiophene rings is 1. The molecular weight excluding hydrogens is 487 g/mol. The number of pyridine rings is 1. The largest absolute Gasteiger partial charge is 0.396 e. The Labute approximate surface area is 219 Å². The molecule has 3 heterocycles. The highest BCUT2D eigenvalue weighted by molar-refractivity contribution is 7.17. The van der Waals surface area contributed by atoms with Crippen molar-refractivity contribution in [2.45, 2.75) is 32.6 Å². The van der Waals surface area contributed by atoms with Crippen LogP contribution in [0.2, 0.25) is 0 Å². The maximum atomic E-state index is 14.3. The lowest BCUT2D eigenvalue weighted by atomic mass is 10.0. The molecule has 37 heavy (non-hydrogen) atoms. The summed E-state index contributed by atoms with van der Waals surface area (Å²) in [7, 11) is 0. The van der Waals surface area contributed by atoms with E-state index in [1.54, 1.807) is 17.0 Å². The minimum atomic E-state index is -0.361. The Morgan fingerprint density at radius 3 is 2.70 bits per heavy atom. The molecule has 0 spiro atoms. The topological polar surface area (TPSA) is 70.5 Å². The van der Waals surface area contributed by atoms with Crippen molar-refractivity contribution in [1.82, 2.24) is 4.98 Å². The first-order chi connectivity index (χ1) is 18.0. The molecule has 1 aliphatic heterocycles. The summed E-state index contributed by atoms with van der Waals surface area (Å²) < 4.78 is 14.3. The average Bonchev–Trinajstić information content (AvgIpc) is 3.28. The highest BCUT2D eigenvalue weighted by Crippen LogP contribution is 2.42. The quantitative estimate of drug-likeness (QED) is 0.316. The van der Waals surface area contributed by atoms with Crippen LogP contribution < -0.4 is 4.90 Å². The predicted octanol–water partition coefficient (Wildman–Crippen LogP) is 5.81. The van der Waals surface area contributed by atoms with E-state index in [9.17, 15) is 14.0 Å². The van der Waals surface area contributed by atoms with Crippen LogP contribution in [0.4, 0.5) is 10.1 Å². The van der Waals surface area contributed by atoms with Crippen LogP contribution in [0.1, 0.15) is 49.0 Å². The Morgan fingerprint density at radius 2 is 1.89 bits per heavy atom. The van der Waals surface area contributed by atoms with Crippen molar-refractivity contribution in [1.29, 1.82) is 0 Å². The number of rotatable bonds is 7. The molecule has 1 N–H and O–H groups in total. The van der Waals surface area contributed by atoms with E-state index in [1.165, 1.54) is 17.4 Å². The minimum Gasteiger partial charge on any atom is -0.396 e. The SMILES string of the molecule is Cc1cccc(F)c1CC(=O)c1cc2c(s1)-c1ccccc1N(C(=O)c1cccc(CCCO)n1)CC2. The van der Waals surface area contributed by atoms with Crippen molar-refractivity contribution in [2.75, 3.05) is 18.1 Å². The number of hydrogen-bond acceptors (Lipinski definition) is 5. The molecule has 0 atom stereocenters. The van der Waals surface area contributed by atoms with Gasteiger partial charge in [-0.2, -0.15) is 0 Å². The van der Waals surface area contributed by atoms with E-state index >= 15 is 0 Å². The van der Waals surface area contributed by atoms with E-state index < -0.39 is 0 Å². The predicted molar refractivity (Wildman–Crippen MR) is 144 cm³/mol. The van der Waals surface area contributed by atoms with Gasteiger partial charge in [0.05, 0.1) is 10.6 Å². The molecule has 1 aliphatic rings. The summed E-state index contributed by atoms with van der Waals surface area (Å²) in [5.74, 6) is -0.652. The van der Waals surface area contributed by atoms with Crippen LogP contribution in [0.15, 0.2) is 66.7 Å². The van der Waals surface area contributed by atoms with Gasteiger partial charge in [-0.05, 0) is 73.2 Å². The summed E-state index contributed by atoms with van der Waals surface area (Å²) >= 11 is 1.40. The maximum absolute atomic E-state index is 14.3. The second kappa shape index (κ2) is 10.7. The number of carbonyl (C=O) groups excluding carboxylic acids is 2. The van der Waals surface area contributed by atoms with Crippen LogP contribution in [-0.4, -0.2) is 34.9 Å². The van der Waals surface area contributed by atoms with Gasteiger partial charge in [-0.15, -0.1) is 11.3 Å². The van der Waals surface area contributed by atoms with Crippen LogP contribution in [0.5, 0.6) is 0 Å². The van der Waals surface area contributed by atoms with Gasteiger partial charge in [-0.25, -0.2) is 9.37 Å².